The van der Waals surface area contributed by atoms with Crippen LogP contribution in [0.5, 0.6) is 0 Å². The number of hydrogen-bond donors (Lipinski definition) is 2. The van der Waals surface area contributed by atoms with Crippen molar-refractivity contribution in [3.63, 3.8) is 0 Å². The topological polar surface area (TPSA) is 49.3 Å². The second kappa shape index (κ2) is 8.94. The summed E-state index contributed by atoms with van der Waals surface area (Å²) in [7, 11) is 1.74. The first-order chi connectivity index (χ1) is 12.0. The van der Waals surface area contributed by atoms with Crippen molar-refractivity contribution >= 4 is 17.3 Å². The van der Waals surface area contributed by atoms with Gasteiger partial charge >= 0.3 is 0 Å². The fourth-order valence-electron chi connectivity index (χ4n) is 2.55. The van der Waals surface area contributed by atoms with Gasteiger partial charge in [0.25, 0.3) is 0 Å². The molecule has 1 aromatic carbocycles. The number of hydrogen-bond acceptors (Lipinski definition) is 3. The SMILES string of the molecule is CCc1cnc(CCNC(=NC)NCC(C)(C)c2ccccc2F)s1. The van der Waals surface area contributed by atoms with E-state index in [-0.39, 0.29) is 11.2 Å². The van der Waals surface area contributed by atoms with Gasteiger partial charge in [-0.3, -0.25) is 4.99 Å². The predicted octanol–water partition coefficient (Wildman–Crippen LogP) is 3.53. The summed E-state index contributed by atoms with van der Waals surface area (Å²) in [5, 5.41) is 7.72. The van der Waals surface area contributed by atoms with Gasteiger partial charge in [0, 0.05) is 43.0 Å². The van der Waals surface area contributed by atoms with E-state index in [1.165, 1.54) is 10.9 Å². The lowest BCUT2D eigenvalue weighted by Crippen LogP contribution is -2.44. The molecule has 0 aliphatic carbocycles. The number of benzene rings is 1. The third kappa shape index (κ3) is 5.53. The van der Waals surface area contributed by atoms with E-state index in [1.807, 2.05) is 32.2 Å². The number of halogens is 1. The summed E-state index contributed by atoms with van der Waals surface area (Å²) >= 11 is 1.76. The molecule has 0 amide bonds. The van der Waals surface area contributed by atoms with Crippen molar-refractivity contribution in [2.75, 3.05) is 20.1 Å². The van der Waals surface area contributed by atoms with Crippen LogP contribution >= 0.6 is 11.3 Å². The Balaban J connectivity index is 1.84. The number of nitrogens with one attached hydrogen (secondary N) is 2. The molecule has 0 atom stereocenters. The molecule has 0 bridgehead atoms. The average Bonchev–Trinajstić information content (AvgIpc) is 3.06. The summed E-state index contributed by atoms with van der Waals surface area (Å²) in [5.74, 6) is 0.546. The molecule has 1 aromatic heterocycles. The summed E-state index contributed by atoms with van der Waals surface area (Å²) in [5.41, 5.74) is 0.363. The average molecular weight is 363 g/mol. The third-order valence-electron chi connectivity index (χ3n) is 4.11. The molecule has 0 saturated heterocycles. The molecule has 0 radical (unpaired) electrons. The Bertz CT molecular complexity index is 709. The number of nitrogens with zero attached hydrogens (tertiary/aromatic N) is 2. The minimum Gasteiger partial charge on any atom is -0.356 e. The van der Waals surface area contributed by atoms with Crippen molar-refractivity contribution in [1.29, 1.82) is 0 Å². The predicted molar refractivity (Wildman–Crippen MR) is 104 cm³/mol. The molecule has 4 nitrogen and oxygen atoms in total. The fraction of sp³-hybridized carbons (Fsp3) is 0.474. The van der Waals surface area contributed by atoms with Crippen LogP contribution in [0.1, 0.15) is 36.2 Å². The van der Waals surface area contributed by atoms with Gasteiger partial charge in [0.2, 0.25) is 0 Å². The Morgan fingerprint density at radius 2 is 2.04 bits per heavy atom. The Labute approximate surface area is 153 Å². The largest absolute Gasteiger partial charge is 0.356 e. The van der Waals surface area contributed by atoms with Crippen LogP contribution in [0.15, 0.2) is 35.5 Å². The smallest absolute Gasteiger partial charge is 0.191 e. The summed E-state index contributed by atoms with van der Waals surface area (Å²) in [4.78, 5) is 9.97. The minimum absolute atomic E-state index is 0.173. The summed E-state index contributed by atoms with van der Waals surface area (Å²) in [6.45, 7) is 7.53. The second-order valence-corrected chi connectivity index (χ2v) is 7.74. The Hall–Kier alpha value is -1.95. The zero-order valence-electron chi connectivity index (χ0n) is 15.4. The molecule has 2 aromatic rings. The van der Waals surface area contributed by atoms with Gasteiger partial charge in [-0.05, 0) is 18.1 Å². The van der Waals surface area contributed by atoms with E-state index in [4.69, 9.17) is 0 Å². The van der Waals surface area contributed by atoms with E-state index in [0.29, 0.717) is 12.1 Å². The number of thiazole rings is 1. The third-order valence-corrected chi connectivity index (χ3v) is 5.31. The van der Waals surface area contributed by atoms with Crippen LogP contribution in [-0.4, -0.2) is 31.1 Å². The van der Waals surface area contributed by atoms with Crippen molar-refractivity contribution in [2.45, 2.75) is 39.0 Å². The maximum absolute atomic E-state index is 14.0. The number of guanidine groups is 1. The van der Waals surface area contributed by atoms with Crippen LogP contribution in [0.2, 0.25) is 0 Å². The maximum atomic E-state index is 14.0. The van der Waals surface area contributed by atoms with Crippen molar-refractivity contribution in [1.82, 2.24) is 15.6 Å². The summed E-state index contributed by atoms with van der Waals surface area (Å²) in [6, 6.07) is 6.92. The van der Waals surface area contributed by atoms with Crippen LogP contribution in [0.25, 0.3) is 0 Å². The van der Waals surface area contributed by atoms with E-state index in [0.717, 1.165) is 30.4 Å². The quantitative estimate of drug-likeness (QED) is 0.585. The molecule has 1 heterocycles. The highest BCUT2D eigenvalue weighted by molar-refractivity contribution is 7.11. The molecule has 6 heteroatoms. The van der Waals surface area contributed by atoms with Crippen LogP contribution in [0, 0.1) is 5.82 Å². The fourth-order valence-corrected chi connectivity index (χ4v) is 3.41. The monoisotopic (exact) mass is 362 g/mol. The maximum Gasteiger partial charge on any atom is 0.191 e. The molecular weight excluding hydrogens is 335 g/mol. The molecule has 0 aliphatic rings. The summed E-state index contributed by atoms with van der Waals surface area (Å²) < 4.78 is 14.0. The molecule has 0 fully saturated rings. The zero-order chi connectivity index (χ0) is 18.3. The highest BCUT2D eigenvalue weighted by Gasteiger charge is 2.24. The van der Waals surface area contributed by atoms with Gasteiger partial charge in [0.1, 0.15) is 5.82 Å². The summed E-state index contributed by atoms with van der Waals surface area (Å²) in [6.07, 6.45) is 3.84. The number of aromatic nitrogens is 1. The number of aliphatic imine (C=N–C) groups is 1. The van der Waals surface area contributed by atoms with E-state index in [2.05, 4.69) is 27.5 Å². The molecule has 0 aliphatic heterocycles. The van der Waals surface area contributed by atoms with E-state index >= 15 is 0 Å². The van der Waals surface area contributed by atoms with Crippen molar-refractivity contribution in [3.05, 3.63) is 51.7 Å². The second-order valence-electron chi connectivity index (χ2n) is 6.54. The van der Waals surface area contributed by atoms with Crippen LogP contribution in [0.3, 0.4) is 0 Å². The first-order valence-electron chi connectivity index (χ1n) is 8.59. The molecule has 2 rings (SSSR count). The molecule has 0 unspecified atom stereocenters. The molecule has 2 N–H and O–H groups in total. The van der Waals surface area contributed by atoms with Crippen molar-refractivity contribution in [2.24, 2.45) is 4.99 Å². The molecular formula is C19H27FN4S. The lowest BCUT2D eigenvalue weighted by Gasteiger charge is -2.27. The van der Waals surface area contributed by atoms with Crippen LogP contribution in [-0.2, 0) is 18.3 Å². The Morgan fingerprint density at radius 1 is 1.28 bits per heavy atom. The molecule has 0 saturated carbocycles. The van der Waals surface area contributed by atoms with Crippen LogP contribution in [0.4, 0.5) is 4.39 Å². The highest BCUT2D eigenvalue weighted by atomic mass is 32.1. The lowest BCUT2D eigenvalue weighted by atomic mass is 9.84. The van der Waals surface area contributed by atoms with Gasteiger partial charge in [0.15, 0.2) is 5.96 Å². The van der Waals surface area contributed by atoms with Gasteiger partial charge in [-0.2, -0.15) is 0 Å². The van der Waals surface area contributed by atoms with Gasteiger partial charge in [-0.1, -0.05) is 39.0 Å². The van der Waals surface area contributed by atoms with Crippen molar-refractivity contribution in [3.8, 4) is 0 Å². The standard InChI is InChI=1S/C19H27FN4S/c1-5-14-12-23-17(25-14)10-11-22-18(21-4)24-13-19(2,3)15-8-6-7-9-16(15)20/h6-9,12H,5,10-11,13H2,1-4H3,(H2,21,22,24). The molecule has 136 valence electrons. The van der Waals surface area contributed by atoms with Crippen LogP contribution < -0.4 is 10.6 Å². The van der Waals surface area contributed by atoms with Gasteiger partial charge < -0.3 is 10.6 Å². The molecule has 0 spiro atoms. The Morgan fingerprint density at radius 3 is 2.68 bits per heavy atom. The first-order valence-corrected chi connectivity index (χ1v) is 9.41. The van der Waals surface area contributed by atoms with E-state index in [1.54, 1.807) is 24.5 Å². The Kier molecular flexibility index (Phi) is 6.93. The lowest BCUT2D eigenvalue weighted by molar-refractivity contribution is 0.473. The number of rotatable bonds is 7. The van der Waals surface area contributed by atoms with Crippen molar-refractivity contribution < 1.29 is 4.39 Å². The minimum atomic E-state index is -0.339. The number of aryl methyl sites for hydroxylation is 1. The molecule has 25 heavy (non-hydrogen) atoms. The first kappa shape index (κ1) is 19.4. The van der Waals surface area contributed by atoms with Gasteiger partial charge in [0.05, 0.1) is 5.01 Å². The van der Waals surface area contributed by atoms with Gasteiger partial charge in [-0.15, -0.1) is 11.3 Å². The highest BCUT2D eigenvalue weighted by Crippen LogP contribution is 2.24. The normalized spacial score (nSPS) is 12.3. The van der Waals surface area contributed by atoms with Gasteiger partial charge in [-0.25, -0.2) is 9.37 Å². The zero-order valence-corrected chi connectivity index (χ0v) is 16.2. The van der Waals surface area contributed by atoms with E-state index < -0.39 is 0 Å². The van der Waals surface area contributed by atoms with E-state index in [9.17, 15) is 4.39 Å².